The highest BCUT2D eigenvalue weighted by molar-refractivity contribution is 6.05. The Bertz CT molecular complexity index is 1580. The minimum Gasteiger partial charge on any atom is -0.465 e. The van der Waals surface area contributed by atoms with Gasteiger partial charge < -0.3 is 15.4 Å². The van der Waals surface area contributed by atoms with Crippen LogP contribution in [0.4, 0.5) is 19.3 Å². The molecule has 4 aromatic rings. The van der Waals surface area contributed by atoms with Crippen LogP contribution < -0.4 is 10.9 Å². The monoisotopic (exact) mass is 533 g/mol. The smallest absolute Gasteiger partial charge is 0.408 e. The average Bonchev–Trinajstić information content (AvgIpc) is 2.85. The van der Waals surface area contributed by atoms with Gasteiger partial charge >= 0.3 is 6.09 Å². The van der Waals surface area contributed by atoms with E-state index < -0.39 is 40.8 Å². The Balaban J connectivity index is 1.75. The third-order valence-electron chi connectivity index (χ3n) is 6.45. The molecular formula is C30H29F2N3O4. The lowest BCUT2D eigenvalue weighted by atomic mass is 9.95. The molecule has 1 heterocycles. The summed E-state index contributed by atoms with van der Waals surface area (Å²) >= 11 is 0. The maximum absolute atomic E-state index is 14.5. The molecule has 9 heteroatoms. The average molecular weight is 534 g/mol. The van der Waals surface area contributed by atoms with E-state index in [0.29, 0.717) is 22.0 Å². The zero-order chi connectivity index (χ0) is 28.3. The summed E-state index contributed by atoms with van der Waals surface area (Å²) in [5.74, 6) is -1.59. The van der Waals surface area contributed by atoms with E-state index >= 15 is 0 Å². The first-order valence-corrected chi connectivity index (χ1v) is 12.4. The number of H-pyrrole nitrogens is 1. The molecule has 3 aromatic carbocycles. The summed E-state index contributed by atoms with van der Waals surface area (Å²) in [6.45, 7) is 5.07. The molecule has 1 atom stereocenters. The molecule has 3 N–H and O–H groups in total. The van der Waals surface area contributed by atoms with Gasteiger partial charge in [0.15, 0.2) is 0 Å². The number of nitrogens with zero attached hydrogens (tertiary/aromatic N) is 1. The number of hydrogen-bond acceptors (Lipinski definition) is 3. The lowest BCUT2D eigenvalue weighted by Gasteiger charge is -2.39. The van der Waals surface area contributed by atoms with Crippen molar-refractivity contribution in [2.75, 3.05) is 5.32 Å². The normalized spacial score (nSPS) is 12.2. The number of rotatable bonds is 7. The number of aromatic amines is 1. The van der Waals surface area contributed by atoms with Gasteiger partial charge in [-0.2, -0.15) is 0 Å². The summed E-state index contributed by atoms with van der Waals surface area (Å²) in [6, 6.07) is 17.6. The Morgan fingerprint density at radius 1 is 0.974 bits per heavy atom. The summed E-state index contributed by atoms with van der Waals surface area (Å²) in [6.07, 6.45) is -1.65. The third kappa shape index (κ3) is 6.14. The standard InChI is InChI=1S/C30H29F2N3O4/c1-30(2,3)35(29(38)39)21(16-19-8-4-6-10-23(19)32)17-25(36)34-27-26(18-12-14-20(31)15-13-18)22-9-5-7-11-24(22)33-28(27)37/h4-15,21H,16-17H2,1-3H3,(H,33,37)(H,34,36)(H,38,39)/t21-/m1/s1. The first-order chi connectivity index (χ1) is 18.5. The van der Waals surface area contributed by atoms with Crippen molar-refractivity contribution in [1.29, 1.82) is 0 Å². The van der Waals surface area contributed by atoms with Gasteiger partial charge in [-0.05, 0) is 62.6 Å². The van der Waals surface area contributed by atoms with E-state index in [2.05, 4.69) is 10.3 Å². The van der Waals surface area contributed by atoms with Crippen LogP contribution in [0.15, 0.2) is 77.6 Å². The van der Waals surface area contributed by atoms with Gasteiger partial charge in [0, 0.05) is 34.5 Å². The van der Waals surface area contributed by atoms with Gasteiger partial charge in [-0.1, -0.05) is 48.5 Å². The topological polar surface area (TPSA) is 102 Å². The fraction of sp³-hybridized carbons (Fsp3) is 0.233. The first kappa shape index (κ1) is 27.5. The molecule has 0 saturated heterocycles. The zero-order valence-electron chi connectivity index (χ0n) is 21.8. The maximum atomic E-state index is 14.5. The van der Waals surface area contributed by atoms with Crippen molar-refractivity contribution in [2.24, 2.45) is 0 Å². The van der Waals surface area contributed by atoms with Gasteiger partial charge in [-0.25, -0.2) is 13.6 Å². The number of hydrogen-bond donors (Lipinski definition) is 3. The number of nitrogens with one attached hydrogen (secondary N) is 2. The molecule has 2 amide bonds. The molecule has 0 unspecified atom stereocenters. The highest BCUT2D eigenvalue weighted by atomic mass is 19.1. The van der Waals surface area contributed by atoms with Crippen LogP contribution in [-0.4, -0.2) is 38.6 Å². The van der Waals surface area contributed by atoms with Crippen LogP contribution in [0.5, 0.6) is 0 Å². The summed E-state index contributed by atoms with van der Waals surface area (Å²) in [5.41, 5.74) is 0.189. The predicted octanol–water partition coefficient (Wildman–Crippen LogP) is 6.19. The van der Waals surface area contributed by atoms with Crippen molar-refractivity contribution < 1.29 is 23.5 Å². The van der Waals surface area contributed by atoms with Crippen molar-refractivity contribution in [2.45, 2.75) is 45.2 Å². The summed E-state index contributed by atoms with van der Waals surface area (Å²) < 4.78 is 28.2. The Morgan fingerprint density at radius 3 is 2.26 bits per heavy atom. The number of para-hydroxylation sites is 1. The van der Waals surface area contributed by atoms with E-state index in [0.717, 1.165) is 4.90 Å². The van der Waals surface area contributed by atoms with E-state index in [4.69, 9.17) is 0 Å². The highest BCUT2D eigenvalue weighted by Gasteiger charge is 2.35. The Morgan fingerprint density at radius 2 is 1.62 bits per heavy atom. The quantitative estimate of drug-likeness (QED) is 0.264. The highest BCUT2D eigenvalue weighted by Crippen LogP contribution is 2.33. The largest absolute Gasteiger partial charge is 0.465 e. The molecule has 0 bridgehead atoms. The number of carboxylic acid groups (broad SMARTS) is 1. The van der Waals surface area contributed by atoms with E-state index in [1.807, 2.05) is 0 Å². The van der Waals surface area contributed by atoms with Gasteiger partial charge in [0.1, 0.15) is 17.3 Å². The predicted molar refractivity (Wildman–Crippen MR) is 147 cm³/mol. The Labute approximate surface area is 224 Å². The van der Waals surface area contributed by atoms with Gasteiger partial charge in [-0.3, -0.25) is 14.5 Å². The van der Waals surface area contributed by atoms with Crippen LogP contribution >= 0.6 is 0 Å². The number of carbonyl (C=O) groups excluding carboxylic acids is 1. The molecule has 4 rings (SSSR count). The van der Waals surface area contributed by atoms with Crippen molar-refractivity contribution >= 4 is 28.6 Å². The van der Waals surface area contributed by atoms with E-state index in [1.165, 1.54) is 36.4 Å². The number of carbonyl (C=O) groups is 2. The van der Waals surface area contributed by atoms with E-state index in [-0.39, 0.29) is 24.1 Å². The molecule has 39 heavy (non-hydrogen) atoms. The van der Waals surface area contributed by atoms with E-state index in [9.17, 15) is 28.3 Å². The van der Waals surface area contributed by atoms with Crippen molar-refractivity contribution in [3.8, 4) is 11.1 Å². The summed E-state index contributed by atoms with van der Waals surface area (Å²) in [4.78, 5) is 42.8. The number of benzene rings is 3. The van der Waals surface area contributed by atoms with Crippen LogP contribution in [0.3, 0.4) is 0 Å². The molecule has 1 aromatic heterocycles. The van der Waals surface area contributed by atoms with Crippen molar-refractivity contribution in [3.05, 3.63) is 100 Å². The fourth-order valence-electron chi connectivity index (χ4n) is 4.85. The van der Waals surface area contributed by atoms with Gasteiger partial charge in [0.2, 0.25) is 5.91 Å². The van der Waals surface area contributed by atoms with E-state index in [1.54, 1.807) is 57.2 Å². The lowest BCUT2D eigenvalue weighted by Crippen LogP contribution is -2.53. The van der Waals surface area contributed by atoms with Crippen molar-refractivity contribution in [3.63, 3.8) is 0 Å². The summed E-state index contributed by atoms with van der Waals surface area (Å²) in [7, 11) is 0. The molecule has 0 radical (unpaired) electrons. The van der Waals surface area contributed by atoms with Gasteiger partial charge in [0.05, 0.1) is 0 Å². The molecule has 202 valence electrons. The second-order valence-electron chi connectivity index (χ2n) is 10.3. The molecule has 0 aliphatic heterocycles. The molecular weight excluding hydrogens is 504 g/mol. The Hall–Kier alpha value is -4.53. The molecule has 0 aliphatic rings. The Kier molecular flexibility index (Phi) is 7.80. The van der Waals surface area contributed by atoms with Crippen LogP contribution in [0.2, 0.25) is 0 Å². The number of amides is 2. The number of anilines is 1. The van der Waals surface area contributed by atoms with Gasteiger partial charge in [-0.15, -0.1) is 0 Å². The zero-order valence-corrected chi connectivity index (χ0v) is 21.8. The van der Waals surface area contributed by atoms with Crippen LogP contribution in [0.1, 0.15) is 32.8 Å². The third-order valence-corrected chi connectivity index (χ3v) is 6.45. The number of fused-ring (bicyclic) bond motifs is 1. The molecule has 0 saturated carbocycles. The van der Waals surface area contributed by atoms with Crippen molar-refractivity contribution in [1.82, 2.24) is 9.88 Å². The molecule has 0 fully saturated rings. The maximum Gasteiger partial charge on any atom is 0.408 e. The molecule has 0 spiro atoms. The van der Waals surface area contributed by atoms with Crippen LogP contribution in [0, 0.1) is 11.6 Å². The second kappa shape index (κ2) is 11.1. The number of aromatic nitrogens is 1. The minimum atomic E-state index is -1.26. The van der Waals surface area contributed by atoms with Gasteiger partial charge in [0.25, 0.3) is 5.56 Å². The number of halogens is 2. The number of pyridine rings is 1. The molecule has 7 nitrogen and oxygen atoms in total. The first-order valence-electron chi connectivity index (χ1n) is 12.4. The van der Waals surface area contributed by atoms with Crippen LogP contribution in [-0.2, 0) is 11.2 Å². The SMILES string of the molecule is CC(C)(C)N(C(=O)O)[C@@H](CC(=O)Nc1c(-c2ccc(F)cc2)c2ccccc2[nH]c1=O)Cc1ccccc1F. The van der Waals surface area contributed by atoms with Crippen LogP contribution in [0.25, 0.3) is 22.0 Å². The fourth-order valence-corrected chi connectivity index (χ4v) is 4.85. The minimum absolute atomic E-state index is 0.0485. The second-order valence-corrected chi connectivity index (χ2v) is 10.3. The molecule has 0 aliphatic carbocycles. The summed E-state index contributed by atoms with van der Waals surface area (Å²) in [5, 5.41) is 13.3. The lowest BCUT2D eigenvalue weighted by molar-refractivity contribution is -0.117.